The van der Waals surface area contributed by atoms with Crippen LogP contribution < -0.4 is 15.2 Å². The highest BCUT2D eigenvalue weighted by molar-refractivity contribution is 7.89. The van der Waals surface area contributed by atoms with Gasteiger partial charge in [0.2, 0.25) is 10.0 Å². The second kappa shape index (κ2) is 5.82. The van der Waals surface area contributed by atoms with Crippen LogP contribution in [0.3, 0.4) is 0 Å². The van der Waals surface area contributed by atoms with Crippen LogP contribution in [-0.4, -0.2) is 15.5 Å². The van der Waals surface area contributed by atoms with Gasteiger partial charge in [-0.25, -0.2) is 13.1 Å². The molecule has 0 bridgehead atoms. The first-order chi connectivity index (χ1) is 9.44. The van der Waals surface area contributed by atoms with E-state index < -0.39 is 10.0 Å². The SMILES string of the molecule is COc1cc(N)ccc1S(=O)(=O)NCc1cscc1C. The molecule has 0 spiro atoms. The van der Waals surface area contributed by atoms with Crippen molar-refractivity contribution in [3.63, 3.8) is 0 Å². The lowest BCUT2D eigenvalue weighted by molar-refractivity contribution is 0.402. The zero-order chi connectivity index (χ0) is 14.8. The quantitative estimate of drug-likeness (QED) is 0.829. The molecule has 1 heterocycles. The summed E-state index contributed by atoms with van der Waals surface area (Å²) in [7, 11) is -2.23. The van der Waals surface area contributed by atoms with Gasteiger partial charge in [0.05, 0.1) is 7.11 Å². The summed E-state index contributed by atoms with van der Waals surface area (Å²) in [5.41, 5.74) is 8.11. The topological polar surface area (TPSA) is 81.4 Å². The van der Waals surface area contributed by atoms with E-state index in [9.17, 15) is 8.42 Å². The van der Waals surface area contributed by atoms with Crippen LogP contribution in [0.5, 0.6) is 5.75 Å². The predicted molar refractivity (Wildman–Crippen MR) is 80.5 cm³/mol. The van der Waals surface area contributed by atoms with Crippen molar-refractivity contribution in [1.82, 2.24) is 4.72 Å². The number of thiophene rings is 1. The second-order valence-corrected chi connectivity index (χ2v) is 6.79. The van der Waals surface area contributed by atoms with Crippen molar-refractivity contribution in [3.8, 4) is 5.75 Å². The Kier molecular flexibility index (Phi) is 4.32. The Morgan fingerprint density at radius 3 is 2.70 bits per heavy atom. The number of nitrogens with two attached hydrogens (primary N) is 1. The number of hydrogen-bond donors (Lipinski definition) is 2. The van der Waals surface area contributed by atoms with E-state index >= 15 is 0 Å². The summed E-state index contributed by atoms with van der Waals surface area (Å²) >= 11 is 1.55. The first-order valence-corrected chi connectivity index (χ1v) is 8.31. The number of nitrogens with one attached hydrogen (secondary N) is 1. The van der Waals surface area contributed by atoms with Crippen LogP contribution in [0, 0.1) is 6.92 Å². The summed E-state index contributed by atoms with van der Waals surface area (Å²) in [4.78, 5) is 0.0853. The Labute approximate surface area is 122 Å². The molecule has 0 unspecified atom stereocenters. The number of hydrogen-bond acceptors (Lipinski definition) is 5. The summed E-state index contributed by atoms with van der Waals surface area (Å²) < 4.78 is 32.2. The molecule has 2 aromatic rings. The van der Waals surface area contributed by atoms with Crippen molar-refractivity contribution in [1.29, 1.82) is 0 Å². The Morgan fingerprint density at radius 2 is 2.10 bits per heavy atom. The summed E-state index contributed by atoms with van der Waals surface area (Å²) in [6.07, 6.45) is 0. The Hall–Kier alpha value is -1.57. The molecule has 1 aromatic carbocycles. The number of anilines is 1. The van der Waals surface area contributed by atoms with Crippen molar-refractivity contribution in [2.45, 2.75) is 18.4 Å². The molecule has 0 amide bonds. The third-order valence-corrected chi connectivity index (χ3v) is 5.24. The fourth-order valence-electron chi connectivity index (χ4n) is 1.72. The van der Waals surface area contributed by atoms with E-state index in [2.05, 4.69) is 4.72 Å². The molecule has 0 saturated carbocycles. The number of methoxy groups -OCH3 is 1. The van der Waals surface area contributed by atoms with Crippen LogP contribution >= 0.6 is 11.3 Å². The van der Waals surface area contributed by atoms with E-state index in [1.165, 1.54) is 25.3 Å². The predicted octanol–water partition coefficient (Wildman–Crippen LogP) is 2.13. The minimum atomic E-state index is -3.64. The molecule has 2 rings (SSSR count). The van der Waals surface area contributed by atoms with Gasteiger partial charge in [0, 0.05) is 18.3 Å². The highest BCUT2D eigenvalue weighted by Crippen LogP contribution is 2.26. The van der Waals surface area contributed by atoms with Crippen LogP contribution in [0.1, 0.15) is 11.1 Å². The highest BCUT2D eigenvalue weighted by Gasteiger charge is 2.19. The fraction of sp³-hybridized carbons (Fsp3) is 0.231. The lowest BCUT2D eigenvalue weighted by Crippen LogP contribution is -2.23. The molecule has 0 atom stereocenters. The van der Waals surface area contributed by atoms with Gasteiger partial charge in [-0.3, -0.25) is 0 Å². The average molecular weight is 312 g/mol. The minimum absolute atomic E-state index is 0.0853. The van der Waals surface area contributed by atoms with Gasteiger partial charge in [0.1, 0.15) is 10.6 Å². The summed E-state index contributed by atoms with van der Waals surface area (Å²) in [6.45, 7) is 2.20. The lowest BCUT2D eigenvalue weighted by atomic mass is 10.2. The number of rotatable bonds is 5. The smallest absolute Gasteiger partial charge is 0.244 e. The molecule has 1 aromatic heterocycles. The largest absolute Gasteiger partial charge is 0.495 e. The van der Waals surface area contributed by atoms with Gasteiger partial charge >= 0.3 is 0 Å². The second-order valence-electron chi connectivity index (χ2n) is 4.31. The van der Waals surface area contributed by atoms with Crippen LogP contribution in [0.2, 0.25) is 0 Å². The molecule has 0 aliphatic carbocycles. The van der Waals surface area contributed by atoms with Gasteiger partial charge in [0.15, 0.2) is 0 Å². The lowest BCUT2D eigenvalue weighted by Gasteiger charge is -2.11. The third-order valence-electron chi connectivity index (χ3n) is 2.89. The van der Waals surface area contributed by atoms with Gasteiger partial charge in [-0.1, -0.05) is 0 Å². The first-order valence-electron chi connectivity index (χ1n) is 5.89. The first kappa shape index (κ1) is 14.8. The van der Waals surface area contributed by atoms with Crippen LogP contribution in [0.15, 0.2) is 33.9 Å². The summed E-state index contributed by atoms with van der Waals surface area (Å²) in [6, 6.07) is 4.47. The standard InChI is InChI=1S/C13H16N2O3S2/c1-9-7-19-8-10(9)6-15-20(16,17)13-4-3-11(14)5-12(13)18-2/h3-5,7-8,15H,6,14H2,1-2H3. The van der Waals surface area contributed by atoms with E-state index in [0.717, 1.165) is 11.1 Å². The number of benzene rings is 1. The van der Waals surface area contributed by atoms with Crippen molar-refractivity contribution in [3.05, 3.63) is 40.1 Å². The number of ether oxygens (including phenoxy) is 1. The molecule has 108 valence electrons. The molecule has 0 aliphatic rings. The van der Waals surface area contributed by atoms with E-state index in [-0.39, 0.29) is 17.2 Å². The molecule has 3 N–H and O–H groups in total. The van der Waals surface area contributed by atoms with Crippen LogP contribution in [-0.2, 0) is 16.6 Å². The van der Waals surface area contributed by atoms with Crippen LogP contribution in [0.25, 0.3) is 0 Å². The zero-order valence-corrected chi connectivity index (χ0v) is 12.8. The Morgan fingerprint density at radius 1 is 1.35 bits per heavy atom. The molecule has 7 heteroatoms. The van der Waals surface area contributed by atoms with Crippen molar-refractivity contribution >= 4 is 27.0 Å². The van der Waals surface area contributed by atoms with E-state index in [1.54, 1.807) is 11.3 Å². The maximum absolute atomic E-state index is 12.3. The van der Waals surface area contributed by atoms with Gasteiger partial charge in [-0.15, -0.1) is 0 Å². The van der Waals surface area contributed by atoms with Gasteiger partial charge in [-0.05, 0) is 40.9 Å². The molecule has 0 radical (unpaired) electrons. The van der Waals surface area contributed by atoms with Gasteiger partial charge in [0.25, 0.3) is 0 Å². The number of sulfonamides is 1. The average Bonchev–Trinajstić information content (AvgIpc) is 2.81. The molecule has 5 nitrogen and oxygen atoms in total. The number of aryl methyl sites for hydroxylation is 1. The molecular formula is C13H16N2O3S2. The molecular weight excluding hydrogens is 296 g/mol. The molecule has 0 saturated heterocycles. The molecule has 20 heavy (non-hydrogen) atoms. The monoisotopic (exact) mass is 312 g/mol. The van der Waals surface area contributed by atoms with Crippen molar-refractivity contribution < 1.29 is 13.2 Å². The van der Waals surface area contributed by atoms with Crippen molar-refractivity contribution in [2.75, 3.05) is 12.8 Å². The maximum atomic E-state index is 12.3. The third kappa shape index (κ3) is 3.12. The van der Waals surface area contributed by atoms with E-state index in [1.807, 2.05) is 17.7 Å². The van der Waals surface area contributed by atoms with Crippen molar-refractivity contribution in [2.24, 2.45) is 0 Å². The maximum Gasteiger partial charge on any atom is 0.244 e. The van der Waals surface area contributed by atoms with Gasteiger partial charge in [-0.2, -0.15) is 11.3 Å². The molecule has 0 fully saturated rings. The summed E-state index contributed by atoms with van der Waals surface area (Å²) in [5.74, 6) is 0.236. The molecule has 0 aliphatic heterocycles. The normalized spacial score (nSPS) is 11.5. The van der Waals surface area contributed by atoms with Gasteiger partial charge < -0.3 is 10.5 Å². The number of nitrogen functional groups attached to an aromatic ring is 1. The van der Waals surface area contributed by atoms with E-state index in [0.29, 0.717) is 5.69 Å². The summed E-state index contributed by atoms with van der Waals surface area (Å²) in [5, 5.41) is 3.91. The fourth-order valence-corrected chi connectivity index (χ4v) is 3.74. The highest BCUT2D eigenvalue weighted by atomic mass is 32.2. The Bertz CT molecular complexity index is 708. The van der Waals surface area contributed by atoms with E-state index in [4.69, 9.17) is 10.5 Å². The van der Waals surface area contributed by atoms with Crippen LogP contribution in [0.4, 0.5) is 5.69 Å². The minimum Gasteiger partial charge on any atom is -0.495 e. The zero-order valence-electron chi connectivity index (χ0n) is 11.2. The Balaban J connectivity index is 2.25.